The van der Waals surface area contributed by atoms with Crippen molar-refractivity contribution in [2.45, 2.75) is 19.8 Å². The van der Waals surface area contributed by atoms with Crippen LogP contribution in [0, 0.1) is 12.7 Å². The zero-order valence-corrected chi connectivity index (χ0v) is 17.1. The van der Waals surface area contributed by atoms with Gasteiger partial charge in [-0.05, 0) is 42.7 Å². The van der Waals surface area contributed by atoms with E-state index >= 15 is 0 Å². The maximum Gasteiger partial charge on any atom is 0.254 e. The summed E-state index contributed by atoms with van der Waals surface area (Å²) in [5.41, 5.74) is 1.68. The molecule has 0 N–H and O–H groups in total. The zero-order chi connectivity index (χ0) is 20.3. The monoisotopic (exact) mass is 422 g/mol. The first-order valence-electron chi connectivity index (χ1n) is 9.13. The van der Waals surface area contributed by atoms with E-state index in [1.54, 1.807) is 34.9 Å². The number of hydrogen-bond acceptors (Lipinski definition) is 2. The third-order valence-electron chi connectivity index (χ3n) is 4.98. The van der Waals surface area contributed by atoms with Gasteiger partial charge in [0.05, 0.1) is 10.0 Å². The van der Waals surface area contributed by atoms with Crippen molar-refractivity contribution in [3.05, 3.63) is 69.0 Å². The van der Waals surface area contributed by atoms with Crippen LogP contribution in [0.4, 0.5) is 4.39 Å². The highest BCUT2D eigenvalue weighted by Gasteiger charge is 2.25. The van der Waals surface area contributed by atoms with Crippen molar-refractivity contribution < 1.29 is 14.0 Å². The third kappa shape index (κ3) is 4.65. The van der Waals surface area contributed by atoms with Gasteiger partial charge in [0.15, 0.2) is 0 Å². The van der Waals surface area contributed by atoms with Crippen LogP contribution < -0.4 is 0 Å². The largest absolute Gasteiger partial charge is 0.339 e. The third-order valence-corrected chi connectivity index (χ3v) is 5.84. The number of piperazine rings is 1. The van der Waals surface area contributed by atoms with Crippen molar-refractivity contribution in [3.8, 4) is 0 Å². The fraction of sp³-hybridized carbons (Fsp3) is 0.333. The van der Waals surface area contributed by atoms with Crippen molar-refractivity contribution >= 4 is 35.0 Å². The molecule has 0 bridgehead atoms. The smallest absolute Gasteiger partial charge is 0.254 e. The molecule has 4 nitrogen and oxygen atoms in total. The summed E-state index contributed by atoms with van der Waals surface area (Å²) in [6, 6.07) is 9.89. The van der Waals surface area contributed by atoms with Gasteiger partial charge < -0.3 is 9.80 Å². The fourth-order valence-corrected chi connectivity index (χ4v) is 3.62. The predicted molar refractivity (Wildman–Crippen MR) is 108 cm³/mol. The maximum atomic E-state index is 13.7. The van der Waals surface area contributed by atoms with Crippen LogP contribution in [0.1, 0.15) is 27.9 Å². The van der Waals surface area contributed by atoms with Crippen molar-refractivity contribution in [2.75, 3.05) is 26.2 Å². The first kappa shape index (κ1) is 20.6. The number of aryl methyl sites for hydroxylation is 2. The van der Waals surface area contributed by atoms with Crippen molar-refractivity contribution in [3.63, 3.8) is 0 Å². The van der Waals surface area contributed by atoms with Gasteiger partial charge in [-0.2, -0.15) is 0 Å². The van der Waals surface area contributed by atoms with Crippen LogP contribution in [0.3, 0.4) is 0 Å². The Bertz CT molecular complexity index is 896. The number of hydrogen-bond donors (Lipinski definition) is 0. The Morgan fingerprint density at radius 2 is 1.71 bits per heavy atom. The summed E-state index contributed by atoms with van der Waals surface area (Å²) in [5.74, 6) is -0.583. The Kier molecular flexibility index (Phi) is 6.57. The highest BCUT2D eigenvalue weighted by molar-refractivity contribution is 6.42. The molecular weight excluding hydrogens is 402 g/mol. The first-order valence-corrected chi connectivity index (χ1v) is 9.88. The second kappa shape index (κ2) is 8.93. The molecule has 1 aliphatic heterocycles. The van der Waals surface area contributed by atoms with Gasteiger partial charge in [-0.1, -0.05) is 41.4 Å². The molecule has 3 rings (SSSR count). The minimum atomic E-state index is -0.390. The van der Waals surface area contributed by atoms with Gasteiger partial charge in [0, 0.05) is 38.2 Å². The standard InChI is InChI=1S/C21H21Cl2FN2O2/c1-14-5-6-16(13-18(14)24)21(28)26-11-9-25(10-12-26)19(27)8-7-15-3-2-4-17(22)20(15)23/h2-6,13H,7-12H2,1H3. The summed E-state index contributed by atoms with van der Waals surface area (Å²) in [6.07, 6.45) is 0.844. The summed E-state index contributed by atoms with van der Waals surface area (Å²) in [5, 5.41) is 0.962. The molecule has 1 heterocycles. The molecular formula is C21H21Cl2FN2O2. The van der Waals surface area contributed by atoms with E-state index in [2.05, 4.69) is 0 Å². The quantitative estimate of drug-likeness (QED) is 0.734. The molecule has 7 heteroatoms. The number of carbonyl (C=O) groups excluding carboxylic acids is 2. The molecule has 0 spiro atoms. The van der Waals surface area contributed by atoms with Crippen LogP contribution >= 0.6 is 23.2 Å². The lowest BCUT2D eigenvalue weighted by Gasteiger charge is -2.35. The molecule has 0 unspecified atom stereocenters. The summed E-state index contributed by atoms with van der Waals surface area (Å²) in [6.45, 7) is 3.44. The summed E-state index contributed by atoms with van der Waals surface area (Å²) >= 11 is 12.2. The van der Waals surface area contributed by atoms with E-state index in [4.69, 9.17) is 23.2 Å². The SMILES string of the molecule is Cc1ccc(C(=O)N2CCN(C(=O)CCc3cccc(Cl)c3Cl)CC2)cc1F. The Hall–Kier alpha value is -2.11. The number of amides is 2. The molecule has 28 heavy (non-hydrogen) atoms. The predicted octanol–water partition coefficient (Wildman–Crippen LogP) is 4.36. The number of nitrogens with zero attached hydrogens (tertiary/aromatic N) is 2. The van der Waals surface area contributed by atoms with Crippen LogP contribution in [-0.2, 0) is 11.2 Å². The van der Waals surface area contributed by atoms with Gasteiger partial charge in [0.1, 0.15) is 5.82 Å². The van der Waals surface area contributed by atoms with E-state index in [9.17, 15) is 14.0 Å². The maximum absolute atomic E-state index is 13.7. The Morgan fingerprint density at radius 3 is 2.39 bits per heavy atom. The molecule has 1 saturated heterocycles. The second-order valence-electron chi connectivity index (χ2n) is 6.85. The lowest BCUT2D eigenvalue weighted by Crippen LogP contribution is -2.50. The summed E-state index contributed by atoms with van der Waals surface area (Å²) in [4.78, 5) is 28.4. The molecule has 2 aromatic carbocycles. The van der Waals surface area contributed by atoms with Crippen molar-refractivity contribution in [1.29, 1.82) is 0 Å². The van der Waals surface area contributed by atoms with Crippen molar-refractivity contribution in [1.82, 2.24) is 9.80 Å². The Labute approximate surface area is 173 Å². The molecule has 0 radical (unpaired) electrons. The van der Waals surface area contributed by atoms with E-state index in [-0.39, 0.29) is 17.6 Å². The molecule has 0 saturated carbocycles. The zero-order valence-electron chi connectivity index (χ0n) is 15.6. The normalized spacial score (nSPS) is 14.3. The Balaban J connectivity index is 1.53. The Morgan fingerprint density at radius 1 is 1.04 bits per heavy atom. The molecule has 0 atom stereocenters. The molecule has 148 valence electrons. The minimum absolute atomic E-state index is 0.0181. The van der Waals surface area contributed by atoms with Crippen LogP contribution in [0.5, 0.6) is 0 Å². The number of benzene rings is 2. The van der Waals surface area contributed by atoms with Gasteiger partial charge in [0.25, 0.3) is 5.91 Å². The highest BCUT2D eigenvalue weighted by Crippen LogP contribution is 2.26. The number of halogens is 3. The van der Waals surface area contributed by atoms with Gasteiger partial charge in [-0.15, -0.1) is 0 Å². The van der Waals surface area contributed by atoms with E-state index in [0.29, 0.717) is 60.2 Å². The van der Waals surface area contributed by atoms with E-state index in [1.165, 1.54) is 6.07 Å². The van der Waals surface area contributed by atoms with Gasteiger partial charge >= 0.3 is 0 Å². The van der Waals surface area contributed by atoms with Crippen molar-refractivity contribution in [2.24, 2.45) is 0 Å². The van der Waals surface area contributed by atoms with Crippen LogP contribution in [0.25, 0.3) is 0 Å². The number of rotatable bonds is 4. The average Bonchev–Trinajstić information content (AvgIpc) is 2.70. The molecule has 1 fully saturated rings. The first-order chi connectivity index (χ1) is 13.4. The number of carbonyl (C=O) groups is 2. The van der Waals surface area contributed by atoms with Gasteiger partial charge in [0.2, 0.25) is 5.91 Å². The summed E-state index contributed by atoms with van der Waals surface area (Å²) < 4.78 is 13.7. The fourth-order valence-electron chi connectivity index (χ4n) is 3.21. The average molecular weight is 423 g/mol. The summed E-state index contributed by atoms with van der Waals surface area (Å²) in [7, 11) is 0. The highest BCUT2D eigenvalue weighted by atomic mass is 35.5. The van der Waals surface area contributed by atoms with Gasteiger partial charge in [-0.3, -0.25) is 9.59 Å². The molecule has 2 amide bonds. The molecule has 1 aliphatic rings. The van der Waals surface area contributed by atoms with E-state index in [0.717, 1.165) is 5.56 Å². The lowest BCUT2D eigenvalue weighted by molar-refractivity contribution is -0.132. The molecule has 2 aromatic rings. The second-order valence-corrected chi connectivity index (χ2v) is 7.64. The van der Waals surface area contributed by atoms with Crippen LogP contribution in [-0.4, -0.2) is 47.8 Å². The van der Waals surface area contributed by atoms with E-state index < -0.39 is 0 Å². The lowest BCUT2D eigenvalue weighted by atomic mass is 10.1. The van der Waals surface area contributed by atoms with E-state index in [1.807, 2.05) is 12.1 Å². The van der Waals surface area contributed by atoms with Crippen LogP contribution in [0.2, 0.25) is 10.0 Å². The molecule has 0 aliphatic carbocycles. The minimum Gasteiger partial charge on any atom is -0.339 e. The van der Waals surface area contributed by atoms with Crippen LogP contribution in [0.15, 0.2) is 36.4 Å². The molecule has 0 aromatic heterocycles. The topological polar surface area (TPSA) is 40.6 Å². The van der Waals surface area contributed by atoms with Gasteiger partial charge in [-0.25, -0.2) is 4.39 Å².